The molecule has 1 aliphatic rings. The summed E-state index contributed by atoms with van der Waals surface area (Å²) in [5, 5.41) is 0. The highest BCUT2D eigenvalue weighted by Crippen LogP contribution is 2.52. The van der Waals surface area contributed by atoms with Crippen molar-refractivity contribution in [3.8, 4) is 0 Å². The summed E-state index contributed by atoms with van der Waals surface area (Å²) in [7, 11) is 0. The van der Waals surface area contributed by atoms with Crippen molar-refractivity contribution in [2.75, 3.05) is 13.2 Å². The molecule has 1 saturated carbocycles. The second-order valence-corrected chi connectivity index (χ2v) is 6.23. The highest BCUT2D eigenvalue weighted by atomic mass is 16.5. The van der Waals surface area contributed by atoms with Gasteiger partial charge in [-0.3, -0.25) is 9.59 Å². The Bertz CT molecular complexity index is 510. The predicted molar refractivity (Wildman–Crippen MR) is 80.4 cm³/mol. The topological polar surface area (TPSA) is 46.6 Å². The van der Waals surface area contributed by atoms with Gasteiger partial charge in [0.1, 0.15) is 6.54 Å². The molecule has 0 N–H and O–H groups in total. The minimum absolute atomic E-state index is 0.0220. The first-order chi connectivity index (χ1) is 9.94. The number of carbonyl (C=O) groups is 2. The van der Waals surface area contributed by atoms with Gasteiger partial charge in [-0.2, -0.15) is 0 Å². The van der Waals surface area contributed by atoms with E-state index < -0.39 is 0 Å². The molecule has 0 bridgehead atoms. The summed E-state index contributed by atoms with van der Waals surface area (Å²) in [5.41, 5.74) is 1.08. The largest absolute Gasteiger partial charge is 0.465 e. The van der Waals surface area contributed by atoms with Gasteiger partial charge in [-0.05, 0) is 24.3 Å². The fourth-order valence-corrected chi connectivity index (χ4v) is 2.49. The van der Waals surface area contributed by atoms with Gasteiger partial charge < -0.3 is 9.64 Å². The predicted octanol–water partition coefficient (Wildman–Crippen LogP) is 2.62. The molecule has 21 heavy (non-hydrogen) atoms. The molecule has 0 aliphatic heterocycles. The smallest absolute Gasteiger partial charge is 0.325 e. The Morgan fingerprint density at radius 1 is 1.29 bits per heavy atom. The van der Waals surface area contributed by atoms with Crippen LogP contribution in [0.4, 0.5) is 0 Å². The highest BCUT2D eigenvalue weighted by Gasteiger charge is 2.52. The first-order valence-electron chi connectivity index (χ1n) is 7.42. The molecule has 4 heteroatoms. The molecule has 1 aliphatic carbocycles. The SMILES string of the molecule is CCOC(=O)CN(Cc1ccccc1)C(=O)C1CC1(C)C. The van der Waals surface area contributed by atoms with Crippen LogP contribution in [0.2, 0.25) is 0 Å². The first-order valence-corrected chi connectivity index (χ1v) is 7.42. The van der Waals surface area contributed by atoms with E-state index in [4.69, 9.17) is 4.74 Å². The molecule has 1 atom stereocenters. The van der Waals surface area contributed by atoms with Crippen LogP contribution >= 0.6 is 0 Å². The zero-order valence-electron chi connectivity index (χ0n) is 13.0. The molecule has 0 aromatic heterocycles. The minimum atomic E-state index is -0.347. The molecule has 0 spiro atoms. The van der Waals surface area contributed by atoms with Gasteiger partial charge in [0.25, 0.3) is 0 Å². The average molecular weight is 289 g/mol. The van der Waals surface area contributed by atoms with Crippen LogP contribution in [-0.4, -0.2) is 29.9 Å². The van der Waals surface area contributed by atoms with Crippen LogP contribution in [-0.2, 0) is 20.9 Å². The Labute approximate surface area is 126 Å². The van der Waals surface area contributed by atoms with E-state index in [1.54, 1.807) is 11.8 Å². The van der Waals surface area contributed by atoms with E-state index in [1.807, 2.05) is 30.3 Å². The third-order valence-electron chi connectivity index (χ3n) is 3.96. The van der Waals surface area contributed by atoms with E-state index in [0.29, 0.717) is 13.2 Å². The summed E-state index contributed by atoms with van der Waals surface area (Å²) >= 11 is 0. The molecule has 4 nitrogen and oxygen atoms in total. The van der Waals surface area contributed by atoms with Crippen molar-refractivity contribution in [2.24, 2.45) is 11.3 Å². The van der Waals surface area contributed by atoms with Crippen LogP contribution in [0.15, 0.2) is 30.3 Å². The van der Waals surface area contributed by atoms with E-state index in [2.05, 4.69) is 13.8 Å². The lowest BCUT2D eigenvalue weighted by Crippen LogP contribution is -2.37. The summed E-state index contributed by atoms with van der Waals surface area (Å²) in [6.07, 6.45) is 0.889. The van der Waals surface area contributed by atoms with Gasteiger partial charge in [-0.25, -0.2) is 0 Å². The normalized spacial score (nSPS) is 18.9. The maximum Gasteiger partial charge on any atom is 0.325 e. The number of esters is 1. The first kappa shape index (κ1) is 15.5. The molecule has 0 radical (unpaired) electrons. The number of benzene rings is 1. The van der Waals surface area contributed by atoms with Crippen LogP contribution in [0, 0.1) is 11.3 Å². The van der Waals surface area contributed by atoms with Gasteiger partial charge in [0.05, 0.1) is 6.61 Å². The number of rotatable bonds is 6. The molecular formula is C17H23NO3. The maximum atomic E-state index is 12.6. The third kappa shape index (κ3) is 4.06. The van der Waals surface area contributed by atoms with Crippen molar-refractivity contribution in [2.45, 2.75) is 33.7 Å². The molecule has 0 heterocycles. The molecule has 1 aromatic carbocycles. The van der Waals surface area contributed by atoms with Crippen LogP contribution in [0.1, 0.15) is 32.8 Å². The molecule has 0 saturated heterocycles. The maximum absolute atomic E-state index is 12.6. The number of ether oxygens (including phenoxy) is 1. The molecule has 114 valence electrons. The van der Waals surface area contributed by atoms with Crippen LogP contribution in [0.3, 0.4) is 0 Å². The van der Waals surface area contributed by atoms with E-state index in [-0.39, 0.29) is 29.8 Å². The van der Waals surface area contributed by atoms with Crippen LogP contribution in [0.5, 0.6) is 0 Å². The van der Waals surface area contributed by atoms with Crippen molar-refractivity contribution in [1.82, 2.24) is 4.90 Å². The van der Waals surface area contributed by atoms with Crippen LogP contribution < -0.4 is 0 Å². The van der Waals surface area contributed by atoms with Crippen LogP contribution in [0.25, 0.3) is 0 Å². The van der Waals surface area contributed by atoms with Gasteiger partial charge in [-0.15, -0.1) is 0 Å². The Morgan fingerprint density at radius 3 is 2.43 bits per heavy atom. The minimum Gasteiger partial charge on any atom is -0.465 e. The zero-order valence-corrected chi connectivity index (χ0v) is 13.0. The van der Waals surface area contributed by atoms with Gasteiger partial charge >= 0.3 is 5.97 Å². The monoisotopic (exact) mass is 289 g/mol. The molecular weight excluding hydrogens is 266 g/mol. The van der Waals surface area contributed by atoms with Gasteiger partial charge in [-0.1, -0.05) is 44.2 Å². The number of carbonyl (C=O) groups excluding carboxylic acids is 2. The van der Waals surface area contributed by atoms with Crippen molar-refractivity contribution in [3.05, 3.63) is 35.9 Å². The van der Waals surface area contributed by atoms with Crippen molar-refractivity contribution >= 4 is 11.9 Å². The molecule has 2 rings (SSSR count). The highest BCUT2D eigenvalue weighted by molar-refractivity contribution is 5.86. The zero-order chi connectivity index (χ0) is 15.5. The fourth-order valence-electron chi connectivity index (χ4n) is 2.49. The lowest BCUT2D eigenvalue weighted by Gasteiger charge is -2.22. The molecule has 1 fully saturated rings. The summed E-state index contributed by atoms with van der Waals surface area (Å²) < 4.78 is 4.98. The van der Waals surface area contributed by atoms with Gasteiger partial charge in [0.2, 0.25) is 5.91 Å². The summed E-state index contributed by atoms with van der Waals surface area (Å²) in [5.74, 6) is -0.271. The molecule has 1 unspecified atom stereocenters. The molecule has 1 aromatic rings. The molecule has 1 amide bonds. The number of hydrogen-bond acceptors (Lipinski definition) is 3. The van der Waals surface area contributed by atoms with Crippen molar-refractivity contribution in [1.29, 1.82) is 0 Å². The number of nitrogens with zero attached hydrogens (tertiary/aromatic N) is 1. The summed E-state index contributed by atoms with van der Waals surface area (Å²) in [6.45, 7) is 6.74. The Hall–Kier alpha value is -1.84. The van der Waals surface area contributed by atoms with Crippen molar-refractivity contribution < 1.29 is 14.3 Å². The number of hydrogen-bond donors (Lipinski definition) is 0. The lowest BCUT2D eigenvalue weighted by molar-refractivity contribution is -0.150. The third-order valence-corrected chi connectivity index (χ3v) is 3.96. The lowest BCUT2D eigenvalue weighted by atomic mass is 10.1. The van der Waals surface area contributed by atoms with E-state index >= 15 is 0 Å². The second-order valence-electron chi connectivity index (χ2n) is 6.23. The quantitative estimate of drug-likeness (QED) is 0.756. The van der Waals surface area contributed by atoms with Gasteiger partial charge in [0, 0.05) is 12.5 Å². The van der Waals surface area contributed by atoms with E-state index in [9.17, 15) is 9.59 Å². The fraction of sp³-hybridized carbons (Fsp3) is 0.529. The second kappa shape index (κ2) is 6.29. The summed E-state index contributed by atoms with van der Waals surface area (Å²) in [6, 6.07) is 9.73. The van der Waals surface area contributed by atoms with E-state index in [0.717, 1.165) is 12.0 Å². The Morgan fingerprint density at radius 2 is 1.90 bits per heavy atom. The summed E-state index contributed by atoms with van der Waals surface area (Å²) in [4.78, 5) is 25.9. The van der Waals surface area contributed by atoms with Gasteiger partial charge in [0.15, 0.2) is 0 Å². The Kier molecular flexibility index (Phi) is 4.66. The van der Waals surface area contributed by atoms with E-state index in [1.165, 1.54) is 0 Å². The van der Waals surface area contributed by atoms with Crippen molar-refractivity contribution in [3.63, 3.8) is 0 Å². The number of amides is 1. The standard InChI is InChI=1S/C17H23NO3/c1-4-21-15(19)12-18(11-13-8-6-5-7-9-13)16(20)14-10-17(14,2)3/h5-9,14H,4,10-12H2,1-3H3. The average Bonchev–Trinajstić information content (AvgIpc) is 3.07. The Balaban J connectivity index is 2.07.